The van der Waals surface area contributed by atoms with Crippen LogP contribution in [-0.2, 0) is 6.54 Å². The van der Waals surface area contributed by atoms with Crippen molar-refractivity contribution in [1.29, 1.82) is 0 Å². The van der Waals surface area contributed by atoms with Crippen LogP contribution < -0.4 is 10.6 Å². The van der Waals surface area contributed by atoms with E-state index in [9.17, 15) is 0 Å². The van der Waals surface area contributed by atoms with E-state index in [1.165, 1.54) is 0 Å². The maximum absolute atomic E-state index is 6.14. The Labute approximate surface area is 175 Å². The van der Waals surface area contributed by atoms with E-state index in [2.05, 4.69) is 50.3 Å². The smallest absolute Gasteiger partial charge is 0.129 e. The Balaban J connectivity index is 1.51. The molecule has 1 atom stereocenters. The molecule has 0 saturated carbocycles. The van der Waals surface area contributed by atoms with E-state index in [-0.39, 0.29) is 6.04 Å². The largest absolute Gasteiger partial charge is 0.357 e. The molecule has 1 unspecified atom stereocenters. The van der Waals surface area contributed by atoms with Crippen molar-refractivity contribution in [2.45, 2.75) is 38.8 Å². The molecule has 5 rings (SSSR count). The molecule has 1 fully saturated rings. The highest BCUT2D eigenvalue weighted by Gasteiger charge is 2.17. The SMILES string of the molecule is CCn1cc(-c2cc3c(-c4cccc(N5CCCC(N)CC5)n4)n[nH]c3cn2)cn1. The third-order valence-corrected chi connectivity index (χ3v) is 5.77. The fourth-order valence-corrected chi connectivity index (χ4v) is 4.02. The molecule has 1 aliphatic rings. The number of H-pyrrole nitrogens is 1. The normalized spacial score (nSPS) is 17.4. The van der Waals surface area contributed by atoms with E-state index in [0.717, 1.165) is 78.3 Å². The van der Waals surface area contributed by atoms with Crippen molar-refractivity contribution >= 4 is 16.7 Å². The zero-order valence-electron chi connectivity index (χ0n) is 17.1. The molecule has 154 valence electrons. The van der Waals surface area contributed by atoms with Gasteiger partial charge in [0.25, 0.3) is 0 Å². The third kappa shape index (κ3) is 3.54. The number of aromatic amines is 1. The van der Waals surface area contributed by atoms with E-state index in [1.54, 1.807) is 0 Å². The van der Waals surface area contributed by atoms with Crippen LogP contribution in [0.2, 0.25) is 0 Å². The topological polar surface area (TPSA) is 102 Å². The summed E-state index contributed by atoms with van der Waals surface area (Å²) in [6, 6.07) is 8.48. The molecular formula is C22H26N8. The van der Waals surface area contributed by atoms with E-state index >= 15 is 0 Å². The summed E-state index contributed by atoms with van der Waals surface area (Å²) >= 11 is 0. The van der Waals surface area contributed by atoms with Gasteiger partial charge in [0.1, 0.15) is 11.5 Å². The van der Waals surface area contributed by atoms with Gasteiger partial charge in [-0.2, -0.15) is 10.2 Å². The number of hydrogen-bond donors (Lipinski definition) is 2. The molecule has 0 aromatic carbocycles. The summed E-state index contributed by atoms with van der Waals surface area (Å²) in [6.45, 7) is 4.82. The molecule has 1 saturated heterocycles. The van der Waals surface area contributed by atoms with Crippen LogP contribution in [0.15, 0.2) is 42.9 Å². The second-order valence-corrected chi connectivity index (χ2v) is 7.83. The molecule has 8 nitrogen and oxygen atoms in total. The Bertz CT molecular complexity index is 1160. The summed E-state index contributed by atoms with van der Waals surface area (Å²) < 4.78 is 1.90. The fraction of sp³-hybridized carbons (Fsp3) is 0.364. The van der Waals surface area contributed by atoms with E-state index in [1.807, 2.05) is 29.3 Å². The molecule has 0 bridgehead atoms. The fourth-order valence-electron chi connectivity index (χ4n) is 4.02. The molecule has 4 aromatic heterocycles. The molecule has 0 spiro atoms. The lowest BCUT2D eigenvalue weighted by Crippen LogP contribution is -2.27. The summed E-state index contributed by atoms with van der Waals surface area (Å²) in [5.41, 5.74) is 10.6. The second-order valence-electron chi connectivity index (χ2n) is 7.83. The van der Waals surface area contributed by atoms with Gasteiger partial charge in [-0.3, -0.25) is 14.8 Å². The molecule has 3 N–H and O–H groups in total. The van der Waals surface area contributed by atoms with Crippen molar-refractivity contribution in [3.63, 3.8) is 0 Å². The quantitative estimate of drug-likeness (QED) is 0.543. The van der Waals surface area contributed by atoms with Crippen molar-refractivity contribution in [3.8, 4) is 22.6 Å². The molecule has 5 heterocycles. The van der Waals surface area contributed by atoms with E-state index < -0.39 is 0 Å². The molecule has 0 radical (unpaired) electrons. The van der Waals surface area contributed by atoms with Crippen LogP contribution in [0.3, 0.4) is 0 Å². The van der Waals surface area contributed by atoms with Crippen LogP contribution in [0.25, 0.3) is 33.5 Å². The van der Waals surface area contributed by atoms with E-state index in [4.69, 9.17) is 10.7 Å². The Kier molecular flexibility index (Phi) is 4.92. The van der Waals surface area contributed by atoms with Crippen LogP contribution >= 0.6 is 0 Å². The van der Waals surface area contributed by atoms with Gasteiger partial charge in [0.05, 0.1) is 29.3 Å². The Morgan fingerprint density at radius 1 is 1.17 bits per heavy atom. The Morgan fingerprint density at radius 3 is 2.97 bits per heavy atom. The minimum Gasteiger partial charge on any atom is -0.357 e. The first-order chi connectivity index (χ1) is 14.7. The monoisotopic (exact) mass is 402 g/mol. The number of aryl methyl sites for hydroxylation is 1. The van der Waals surface area contributed by atoms with Gasteiger partial charge in [-0.05, 0) is 44.4 Å². The van der Waals surface area contributed by atoms with E-state index in [0.29, 0.717) is 0 Å². The van der Waals surface area contributed by atoms with Gasteiger partial charge in [0, 0.05) is 42.8 Å². The summed E-state index contributed by atoms with van der Waals surface area (Å²) in [4.78, 5) is 11.8. The summed E-state index contributed by atoms with van der Waals surface area (Å²) in [7, 11) is 0. The zero-order valence-corrected chi connectivity index (χ0v) is 17.1. The first-order valence-electron chi connectivity index (χ1n) is 10.6. The molecule has 0 amide bonds. The molecule has 4 aromatic rings. The highest BCUT2D eigenvalue weighted by molar-refractivity contribution is 5.93. The number of nitrogens with two attached hydrogens (primary N) is 1. The predicted molar refractivity (Wildman–Crippen MR) is 118 cm³/mol. The third-order valence-electron chi connectivity index (χ3n) is 5.77. The first kappa shape index (κ1) is 18.7. The minimum absolute atomic E-state index is 0.288. The van der Waals surface area contributed by atoms with Crippen molar-refractivity contribution in [1.82, 2.24) is 29.9 Å². The number of anilines is 1. The second kappa shape index (κ2) is 7.87. The lowest BCUT2D eigenvalue weighted by atomic mass is 10.1. The summed E-state index contributed by atoms with van der Waals surface area (Å²) in [5, 5.41) is 13.0. The molecule has 1 aliphatic heterocycles. The molecule has 30 heavy (non-hydrogen) atoms. The molecule has 8 heteroatoms. The summed E-state index contributed by atoms with van der Waals surface area (Å²) in [5.74, 6) is 0.983. The molecule has 0 aliphatic carbocycles. The average molecular weight is 403 g/mol. The number of rotatable bonds is 4. The lowest BCUT2D eigenvalue weighted by molar-refractivity contribution is 0.601. The van der Waals surface area contributed by atoms with Gasteiger partial charge < -0.3 is 10.6 Å². The van der Waals surface area contributed by atoms with Crippen molar-refractivity contribution in [2.75, 3.05) is 18.0 Å². The average Bonchev–Trinajstić information content (AvgIpc) is 3.37. The highest BCUT2D eigenvalue weighted by Crippen LogP contribution is 2.29. The van der Waals surface area contributed by atoms with Crippen LogP contribution in [0, 0.1) is 0 Å². The van der Waals surface area contributed by atoms with Gasteiger partial charge in [-0.25, -0.2) is 4.98 Å². The standard InChI is InChI=1S/C22H26N8/c1-2-30-14-15(12-25-30)19-11-17-20(13-24-19)27-28-22(17)18-6-3-7-21(26-18)29-9-4-5-16(23)8-10-29/h3,6-7,11-14,16H,2,4-5,8-10,23H2,1H3,(H,27,28). The number of fused-ring (bicyclic) bond motifs is 1. The number of pyridine rings is 2. The first-order valence-corrected chi connectivity index (χ1v) is 10.6. The van der Waals surface area contributed by atoms with Gasteiger partial charge in [-0.15, -0.1) is 0 Å². The van der Waals surface area contributed by atoms with Gasteiger partial charge in [0.15, 0.2) is 0 Å². The number of nitrogens with one attached hydrogen (secondary N) is 1. The van der Waals surface area contributed by atoms with Crippen LogP contribution in [0.4, 0.5) is 5.82 Å². The highest BCUT2D eigenvalue weighted by atomic mass is 15.3. The number of aromatic nitrogens is 6. The number of hydrogen-bond acceptors (Lipinski definition) is 6. The number of nitrogens with zero attached hydrogens (tertiary/aromatic N) is 6. The van der Waals surface area contributed by atoms with Gasteiger partial charge >= 0.3 is 0 Å². The zero-order chi connectivity index (χ0) is 20.5. The molecular weight excluding hydrogens is 376 g/mol. The van der Waals surface area contributed by atoms with Crippen molar-refractivity contribution < 1.29 is 0 Å². The van der Waals surface area contributed by atoms with Crippen LogP contribution in [0.5, 0.6) is 0 Å². The van der Waals surface area contributed by atoms with Gasteiger partial charge in [0.2, 0.25) is 0 Å². The summed E-state index contributed by atoms with van der Waals surface area (Å²) in [6.07, 6.45) is 8.85. The Hall–Kier alpha value is -3.26. The van der Waals surface area contributed by atoms with Crippen LogP contribution in [-0.4, -0.2) is 49.1 Å². The maximum atomic E-state index is 6.14. The lowest BCUT2D eigenvalue weighted by Gasteiger charge is -2.21. The maximum Gasteiger partial charge on any atom is 0.129 e. The van der Waals surface area contributed by atoms with Crippen molar-refractivity contribution in [3.05, 3.63) is 42.9 Å². The predicted octanol–water partition coefficient (Wildman–Crippen LogP) is 3.22. The minimum atomic E-state index is 0.288. The Morgan fingerprint density at radius 2 is 2.10 bits per heavy atom. The van der Waals surface area contributed by atoms with Crippen molar-refractivity contribution in [2.24, 2.45) is 5.73 Å². The van der Waals surface area contributed by atoms with Gasteiger partial charge in [-0.1, -0.05) is 6.07 Å². The van der Waals surface area contributed by atoms with Crippen LogP contribution in [0.1, 0.15) is 26.2 Å².